The number of anilines is 1. The Morgan fingerprint density at radius 1 is 0.957 bits per heavy atom. The lowest BCUT2D eigenvalue weighted by Crippen LogP contribution is -2.40. The van der Waals surface area contributed by atoms with E-state index in [-0.39, 0.29) is 47.7 Å². The lowest BCUT2D eigenvalue weighted by Gasteiger charge is -2.28. The van der Waals surface area contributed by atoms with Gasteiger partial charge in [-0.25, -0.2) is 13.1 Å². The SMILES string of the molecule is CC(=O)N1CCCN(Cc2ccccc2)CCN(C(=O)CCNS(=O)(=O)c2c(C)noc2C)Cc2cc(-c3cccnc3)ccc21. The Hall–Kier alpha value is -4.39. The molecule has 5 rings (SSSR count). The average molecular weight is 645 g/mol. The van der Waals surface area contributed by atoms with E-state index in [2.05, 4.69) is 31.9 Å². The van der Waals surface area contributed by atoms with Crippen LogP contribution in [-0.2, 0) is 32.7 Å². The number of pyridine rings is 1. The largest absolute Gasteiger partial charge is 0.360 e. The molecule has 0 aliphatic carbocycles. The van der Waals surface area contributed by atoms with Crippen LogP contribution in [0.2, 0.25) is 0 Å². The Balaban J connectivity index is 1.43. The normalized spacial score (nSPS) is 14.8. The van der Waals surface area contributed by atoms with Crippen LogP contribution >= 0.6 is 0 Å². The molecule has 0 fully saturated rings. The molecule has 46 heavy (non-hydrogen) atoms. The zero-order valence-corrected chi connectivity index (χ0v) is 27.3. The van der Waals surface area contributed by atoms with Gasteiger partial charge in [0.15, 0.2) is 5.76 Å². The topological polar surface area (TPSA) is 129 Å². The Morgan fingerprint density at radius 3 is 2.46 bits per heavy atom. The third kappa shape index (κ3) is 8.06. The second-order valence-electron chi connectivity index (χ2n) is 11.5. The zero-order valence-electron chi connectivity index (χ0n) is 26.5. The first-order chi connectivity index (χ1) is 22.1. The van der Waals surface area contributed by atoms with Crippen LogP contribution in [0.25, 0.3) is 11.1 Å². The van der Waals surface area contributed by atoms with E-state index in [1.165, 1.54) is 6.92 Å². The van der Waals surface area contributed by atoms with Crippen LogP contribution in [0.3, 0.4) is 0 Å². The number of benzene rings is 2. The van der Waals surface area contributed by atoms with E-state index in [9.17, 15) is 18.0 Å². The molecule has 1 aliphatic rings. The predicted molar refractivity (Wildman–Crippen MR) is 175 cm³/mol. The molecule has 0 saturated heterocycles. The van der Waals surface area contributed by atoms with E-state index >= 15 is 0 Å². The summed E-state index contributed by atoms with van der Waals surface area (Å²) in [5, 5.41) is 3.74. The number of rotatable bonds is 8. The number of hydrogen-bond donors (Lipinski definition) is 1. The van der Waals surface area contributed by atoms with Crippen LogP contribution in [0, 0.1) is 13.8 Å². The molecule has 0 atom stereocenters. The fourth-order valence-corrected chi connectivity index (χ4v) is 7.20. The molecule has 4 aromatic rings. The van der Waals surface area contributed by atoms with Gasteiger partial charge in [-0.15, -0.1) is 0 Å². The minimum Gasteiger partial charge on any atom is -0.360 e. The Labute approximate surface area is 270 Å². The highest BCUT2D eigenvalue weighted by molar-refractivity contribution is 7.89. The van der Waals surface area contributed by atoms with Crippen molar-refractivity contribution in [2.24, 2.45) is 0 Å². The number of nitrogens with one attached hydrogen (secondary N) is 1. The summed E-state index contributed by atoms with van der Waals surface area (Å²) < 4.78 is 33.5. The summed E-state index contributed by atoms with van der Waals surface area (Å²) in [6.07, 6.45) is 4.21. The molecule has 2 amide bonds. The summed E-state index contributed by atoms with van der Waals surface area (Å²) in [7, 11) is -3.91. The maximum absolute atomic E-state index is 13.8. The lowest BCUT2D eigenvalue weighted by atomic mass is 10.0. The van der Waals surface area contributed by atoms with Gasteiger partial charge in [-0.2, -0.15) is 0 Å². The lowest BCUT2D eigenvalue weighted by molar-refractivity contribution is -0.131. The van der Waals surface area contributed by atoms with E-state index in [1.807, 2.05) is 48.5 Å². The molecule has 1 N–H and O–H groups in total. The summed E-state index contributed by atoms with van der Waals surface area (Å²) in [5.74, 6) is -0.0821. The van der Waals surface area contributed by atoms with Gasteiger partial charge in [0.25, 0.3) is 0 Å². The highest BCUT2D eigenvalue weighted by Gasteiger charge is 2.26. The number of fused-ring (bicyclic) bond motifs is 1. The number of sulfonamides is 1. The van der Waals surface area contributed by atoms with E-state index in [0.717, 1.165) is 40.9 Å². The first kappa shape index (κ1) is 33.0. The van der Waals surface area contributed by atoms with Gasteiger partial charge in [-0.3, -0.25) is 19.5 Å². The van der Waals surface area contributed by atoms with Crippen molar-refractivity contribution in [1.29, 1.82) is 0 Å². The van der Waals surface area contributed by atoms with Crippen molar-refractivity contribution in [3.05, 3.63) is 95.6 Å². The number of aryl methyl sites for hydroxylation is 2. The molecule has 3 heterocycles. The van der Waals surface area contributed by atoms with Gasteiger partial charge in [0, 0.05) is 77.2 Å². The van der Waals surface area contributed by atoms with Crippen molar-refractivity contribution in [3.63, 3.8) is 0 Å². The third-order valence-corrected chi connectivity index (χ3v) is 9.82. The van der Waals surface area contributed by atoms with Gasteiger partial charge >= 0.3 is 0 Å². The van der Waals surface area contributed by atoms with Gasteiger partial charge in [-0.05, 0) is 60.7 Å². The molecule has 0 spiro atoms. The Bertz CT molecular complexity index is 1740. The van der Waals surface area contributed by atoms with Crippen LogP contribution in [0.5, 0.6) is 0 Å². The van der Waals surface area contributed by atoms with Gasteiger partial charge in [-0.1, -0.05) is 47.6 Å². The number of nitrogens with zero attached hydrogens (tertiary/aromatic N) is 5. The second-order valence-corrected chi connectivity index (χ2v) is 13.2. The van der Waals surface area contributed by atoms with Crippen LogP contribution in [0.15, 0.2) is 82.5 Å². The van der Waals surface area contributed by atoms with Gasteiger partial charge in [0.1, 0.15) is 10.6 Å². The summed E-state index contributed by atoms with van der Waals surface area (Å²) in [4.78, 5) is 36.9. The highest BCUT2D eigenvalue weighted by Crippen LogP contribution is 2.30. The Morgan fingerprint density at radius 2 is 1.76 bits per heavy atom. The van der Waals surface area contributed by atoms with Crippen molar-refractivity contribution in [2.75, 3.05) is 37.6 Å². The highest BCUT2D eigenvalue weighted by atomic mass is 32.2. The monoisotopic (exact) mass is 644 g/mol. The molecule has 242 valence electrons. The molecule has 0 saturated carbocycles. The number of aromatic nitrogens is 2. The molecule has 2 aromatic heterocycles. The maximum atomic E-state index is 13.8. The Kier molecular flexibility index (Phi) is 10.6. The number of amides is 2. The van der Waals surface area contributed by atoms with Crippen LogP contribution < -0.4 is 9.62 Å². The van der Waals surface area contributed by atoms with E-state index < -0.39 is 10.0 Å². The van der Waals surface area contributed by atoms with Crippen molar-refractivity contribution in [3.8, 4) is 11.1 Å². The van der Waals surface area contributed by atoms with E-state index in [4.69, 9.17) is 4.52 Å². The minimum atomic E-state index is -3.91. The molecular formula is C34H40N6O5S. The standard InChI is InChI=1S/C34H40N6O5S/c1-25-34(26(2)45-37-25)46(43,44)36-16-14-33(42)39-20-19-38(23-28-9-5-4-6-10-28)17-8-18-40(27(3)41)32-13-12-29(21-31(32)24-39)30-11-7-15-35-22-30/h4-7,9-13,15,21-22,36H,8,14,16-20,23-24H2,1-3H3. The van der Waals surface area contributed by atoms with Crippen molar-refractivity contribution in [2.45, 2.75) is 51.6 Å². The molecule has 11 nitrogen and oxygen atoms in total. The first-order valence-electron chi connectivity index (χ1n) is 15.4. The molecule has 12 heteroatoms. The summed E-state index contributed by atoms with van der Waals surface area (Å²) in [6.45, 7) is 7.86. The molecular weight excluding hydrogens is 604 g/mol. The number of hydrogen-bond acceptors (Lipinski definition) is 8. The fraction of sp³-hybridized carbons (Fsp3) is 0.353. The van der Waals surface area contributed by atoms with Gasteiger partial charge < -0.3 is 14.3 Å². The van der Waals surface area contributed by atoms with Crippen molar-refractivity contribution >= 4 is 27.5 Å². The van der Waals surface area contributed by atoms with Crippen LogP contribution in [-0.4, -0.2) is 72.9 Å². The van der Waals surface area contributed by atoms with Crippen molar-refractivity contribution < 1.29 is 22.5 Å². The molecule has 0 unspecified atom stereocenters. The van der Waals surface area contributed by atoms with E-state index in [0.29, 0.717) is 26.2 Å². The van der Waals surface area contributed by atoms with Crippen LogP contribution in [0.4, 0.5) is 5.69 Å². The van der Waals surface area contributed by atoms with E-state index in [1.54, 1.807) is 36.0 Å². The van der Waals surface area contributed by atoms with Crippen LogP contribution in [0.1, 0.15) is 42.3 Å². The summed E-state index contributed by atoms with van der Waals surface area (Å²) in [5.41, 5.74) is 4.87. The average Bonchev–Trinajstić information content (AvgIpc) is 3.38. The smallest absolute Gasteiger partial charge is 0.245 e. The van der Waals surface area contributed by atoms with Crippen molar-refractivity contribution in [1.82, 2.24) is 24.7 Å². The molecule has 1 aliphatic heterocycles. The number of carbonyl (C=O) groups is 2. The third-order valence-electron chi connectivity index (χ3n) is 8.12. The second kappa shape index (κ2) is 14.8. The quantitative estimate of drug-likeness (QED) is 0.301. The minimum absolute atomic E-state index is 0.00654. The number of carbonyl (C=O) groups excluding carboxylic acids is 2. The molecule has 0 bridgehead atoms. The van der Waals surface area contributed by atoms with Gasteiger partial charge in [0.2, 0.25) is 21.8 Å². The zero-order chi connectivity index (χ0) is 32.7. The summed E-state index contributed by atoms with van der Waals surface area (Å²) in [6, 6.07) is 19.9. The van der Waals surface area contributed by atoms with Gasteiger partial charge in [0.05, 0.1) is 0 Å². The molecule has 0 radical (unpaired) electrons. The summed E-state index contributed by atoms with van der Waals surface area (Å²) >= 11 is 0. The maximum Gasteiger partial charge on any atom is 0.245 e. The fourth-order valence-electron chi connectivity index (χ4n) is 5.84. The predicted octanol–water partition coefficient (Wildman–Crippen LogP) is 4.31. The first-order valence-corrected chi connectivity index (χ1v) is 16.9. The molecule has 2 aromatic carbocycles.